The zero-order valence-electron chi connectivity index (χ0n) is 25.9. The number of nitrogens with two attached hydrogens (primary N) is 1. The Labute approximate surface area is 250 Å². The second-order valence-corrected chi connectivity index (χ2v) is 12.3. The topological polar surface area (TPSA) is 151 Å². The number of phosphoric ester groups is 1. The van der Waals surface area contributed by atoms with E-state index < -0.39 is 38.6 Å². The summed E-state index contributed by atoms with van der Waals surface area (Å²) in [7, 11) is -4.39. The highest BCUT2D eigenvalue weighted by Gasteiger charge is 2.27. The van der Waals surface area contributed by atoms with Crippen molar-refractivity contribution in [1.29, 1.82) is 0 Å². The molecule has 0 fully saturated rings. The molecular weight excluding hydrogens is 543 g/mol. The Morgan fingerprint density at radius 2 is 1.39 bits per heavy atom. The van der Waals surface area contributed by atoms with Gasteiger partial charge in [0.25, 0.3) is 0 Å². The first-order valence-electron chi connectivity index (χ1n) is 16.0. The van der Waals surface area contributed by atoms with E-state index in [1.54, 1.807) is 6.08 Å². The molecule has 9 nitrogen and oxygen atoms in total. The van der Waals surface area contributed by atoms with E-state index in [-0.39, 0.29) is 19.6 Å². The Morgan fingerprint density at radius 1 is 0.829 bits per heavy atom. The maximum Gasteiger partial charge on any atom is 0.472 e. The lowest BCUT2D eigenvalue weighted by Gasteiger charge is -2.24. The minimum atomic E-state index is -4.39. The van der Waals surface area contributed by atoms with E-state index in [0.29, 0.717) is 12.8 Å². The number of carbonyl (C=O) groups is 1. The summed E-state index contributed by atoms with van der Waals surface area (Å²) >= 11 is 0. The van der Waals surface area contributed by atoms with Crippen molar-refractivity contribution in [3.8, 4) is 0 Å². The van der Waals surface area contributed by atoms with Gasteiger partial charge in [0.1, 0.15) is 0 Å². The zero-order chi connectivity index (χ0) is 30.6. The Hall–Kier alpha value is -1.06. The first kappa shape index (κ1) is 39.9. The lowest BCUT2D eigenvalue weighted by Crippen LogP contribution is -2.46. The SMILES string of the molecule is CCCCCCCC/C=C/CC/C=C/C(O)C(COP(=O)(O)OCCN)NC(=O)CC(O)CCCCCCCCC. The maximum atomic E-state index is 12.6. The zero-order valence-corrected chi connectivity index (χ0v) is 26.8. The number of nitrogens with one attached hydrogen (secondary N) is 1. The lowest BCUT2D eigenvalue weighted by atomic mass is 10.0. The minimum absolute atomic E-state index is 0.0451. The van der Waals surface area contributed by atoms with Crippen molar-refractivity contribution in [2.24, 2.45) is 5.73 Å². The summed E-state index contributed by atoms with van der Waals surface area (Å²) in [4.78, 5) is 22.4. The van der Waals surface area contributed by atoms with Crippen LogP contribution >= 0.6 is 7.82 Å². The molecule has 4 atom stereocenters. The number of allylic oxidation sites excluding steroid dienone is 3. The predicted molar refractivity (Wildman–Crippen MR) is 167 cm³/mol. The highest BCUT2D eigenvalue weighted by Crippen LogP contribution is 2.43. The van der Waals surface area contributed by atoms with E-state index in [4.69, 9.17) is 14.8 Å². The molecule has 0 aromatic rings. The van der Waals surface area contributed by atoms with Gasteiger partial charge in [0, 0.05) is 6.54 Å². The fourth-order valence-corrected chi connectivity index (χ4v) is 5.12. The van der Waals surface area contributed by atoms with Crippen LogP contribution in [0.3, 0.4) is 0 Å². The summed E-state index contributed by atoms with van der Waals surface area (Å²) in [6.07, 6.45) is 24.3. The molecule has 242 valence electrons. The molecule has 6 N–H and O–H groups in total. The summed E-state index contributed by atoms with van der Waals surface area (Å²) in [6, 6.07) is -0.991. The van der Waals surface area contributed by atoms with Gasteiger partial charge in [0.15, 0.2) is 0 Å². The fraction of sp³-hybridized carbons (Fsp3) is 0.839. The number of amides is 1. The highest BCUT2D eigenvalue weighted by atomic mass is 31.2. The number of rotatable bonds is 29. The fourth-order valence-electron chi connectivity index (χ4n) is 4.36. The molecule has 0 heterocycles. The normalized spacial score (nSPS) is 15.8. The number of carbonyl (C=O) groups excluding carboxylic acids is 1. The van der Waals surface area contributed by atoms with Crippen molar-refractivity contribution < 1.29 is 33.5 Å². The predicted octanol–water partition coefficient (Wildman–Crippen LogP) is 6.46. The molecular formula is C31H61N2O7P. The van der Waals surface area contributed by atoms with Gasteiger partial charge in [-0.3, -0.25) is 13.8 Å². The van der Waals surface area contributed by atoms with Gasteiger partial charge in [-0.05, 0) is 32.1 Å². The first-order chi connectivity index (χ1) is 19.8. The van der Waals surface area contributed by atoms with Crippen molar-refractivity contribution in [2.75, 3.05) is 19.8 Å². The van der Waals surface area contributed by atoms with Gasteiger partial charge in [0.2, 0.25) is 5.91 Å². The van der Waals surface area contributed by atoms with Crippen molar-refractivity contribution >= 4 is 13.7 Å². The summed E-state index contributed by atoms with van der Waals surface area (Å²) < 4.78 is 21.8. The van der Waals surface area contributed by atoms with Crippen LogP contribution in [0.25, 0.3) is 0 Å². The van der Waals surface area contributed by atoms with Gasteiger partial charge in [-0.15, -0.1) is 0 Å². The minimum Gasteiger partial charge on any atom is -0.393 e. The van der Waals surface area contributed by atoms with Gasteiger partial charge < -0.3 is 26.2 Å². The largest absolute Gasteiger partial charge is 0.472 e. The standard InChI is InChI=1S/C31H61N2O7P/c1-3-5-7-9-11-12-13-14-15-17-19-21-23-30(35)29(27-40-41(37,38)39-25-24-32)33-31(36)26-28(34)22-20-18-16-10-8-6-4-2/h14-15,21,23,28-30,34-35H,3-13,16-20,22,24-27,32H2,1-2H3,(H,33,36)(H,37,38)/b15-14+,23-21+. The number of aliphatic hydroxyl groups excluding tert-OH is 2. The quantitative estimate of drug-likeness (QED) is 0.0371. The molecule has 41 heavy (non-hydrogen) atoms. The molecule has 0 radical (unpaired) electrons. The van der Waals surface area contributed by atoms with Crippen molar-refractivity contribution in [2.45, 2.75) is 148 Å². The van der Waals surface area contributed by atoms with E-state index in [0.717, 1.165) is 32.1 Å². The summed E-state index contributed by atoms with van der Waals surface area (Å²) in [5, 5.41) is 23.6. The number of aliphatic hydroxyl groups is 2. The maximum absolute atomic E-state index is 12.6. The molecule has 0 bridgehead atoms. The Morgan fingerprint density at radius 3 is 2.02 bits per heavy atom. The van der Waals surface area contributed by atoms with Gasteiger partial charge in [0.05, 0.1) is 37.9 Å². The van der Waals surface area contributed by atoms with E-state index in [2.05, 4.69) is 31.3 Å². The molecule has 0 aromatic carbocycles. The van der Waals surface area contributed by atoms with E-state index in [1.807, 2.05) is 6.08 Å². The van der Waals surface area contributed by atoms with Gasteiger partial charge in [-0.1, -0.05) is 115 Å². The third-order valence-electron chi connectivity index (χ3n) is 6.83. The van der Waals surface area contributed by atoms with Crippen LogP contribution in [0.15, 0.2) is 24.3 Å². The molecule has 0 saturated heterocycles. The number of phosphoric acid groups is 1. The third-order valence-corrected chi connectivity index (χ3v) is 7.82. The molecule has 0 aliphatic heterocycles. The van der Waals surface area contributed by atoms with Crippen LogP contribution in [0.2, 0.25) is 0 Å². The Kier molecular flexibility index (Phi) is 27.0. The summed E-state index contributed by atoms with van der Waals surface area (Å²) in [5.41, 5.74) is 5.31. The smallest absolute Gasteiger partial charge is 0.393 e. The Balaban J connectivity index is 4.65. The van der Waals surface area contributed by atoms with Crippen LogP contribution in [0.1, 0.15) is 129 Å². The number of hydrogen-bond acceptors (Lipinski definition) is 7. The van der Waals surface area contributed by atoms with Crippen LogP contribution < -0.4 is 11.1 Å². The third kappa shape index (κ3) is 26.3. The van der Waals surface area contributed by atoms with Crippen molar-refractivity contribution in [3.05, 3.63) is 24.3 Å². The number of unbranched alkanes of at least 4 members (excludes halogenated alkanes) is 13. The van der Waals surface area contributed by atoms with Crippen molar-refractivity contribution in [3.63, 3.8) is 0 Å². The molecule has 4 unspecified atom stereocenters. The molecule has 0 rings (SSSR count). The van der Waals surface area contributed by atoms with E-state index >= 15 is 0 Å². The molecule has 0 aliphatic rings. The monoisotopic (exact) mass is 604 g/mol. The molecule has 10 heteroatoms. The lowest BCUT2D eigenvalue weighted by molar-refractivity contribution is -0.124. The molecule has 0 aromatic heterocycles. The van der Waals surface area contributed by atoms with Gasteiger partial charge >= 0.3 is 7.82 Å². The van der Waals surface area contributed by atoms with Gasteiger partial charge in [-0.25, -0.2) is 4.57 Å². The summed E-state index contributed by atoms with van der Waals surface area (Å²) in [5.74, 6) is -0.463. The second kappa shape index (κ2) is 27.8. The molecule has 1 amide bonds. The second-order valence-electron chi connectivity index (χ2n) is 10.9. The molecule has 0 spiro atoms. The average Bonchev–Trinajstić information content (AvgIpc) is 2.94. The van der Waals surface area contributed by atoms with Crippen LogP contribution in [0.5, 0.6) is 0 Å². The van der Waals surface area contributed by atoms with Gasteiger partial charge in [-0.2, -0.15) is 0 Å². The average molecular weight is 605 g/mol. The van der Waals surface area contributed by atoms with Crippen LogP contribution in [0.4, 0.5) is 0 Å². The molecule has 0 aliphatic carbocycles. The highest BCUT2D eigenvalue weighted by molar-refractivity contribution is 7.47. The van der Waals surface area contributed by atoms with Crippen molar-refractivity contribution in [1.82, 2.24) is 5.32 Å². The van der Waals surface area contributed by atoms with E-state index in [9.17, 15) is 24.5 Å². The number of hydrogen-bond donors (Lipinski definition) is 5. The molecule has 0 saturated carbocycles. The first-order valence-corrected chi connectivity index (χ1v) is 17.5. The Bertz CT molecular complexity index is 721. The van der Waals surface area contributed by atoms with E-state index in [1.165, 1.54) is 64.2 Å². The van der Waals surface area contributed by atoms with Crippen LogP contribution in [-0.2, 0) is 18.4 Å². The van der Waals surface area contributed by atoms with Crippen LogP contribution in [0, 0.1) is 0 Å². The summed E-state index contributed by atoms with van der Waals surface area (Å²) in [6.45, 7) is 3.84. The van der Waals surface area contributed by atoms with Crippen LogP contribution in [-0.4, -0.2) is 59.0 Å².